The number of rotatable bonds is 3. The van der Waals surface area contributed by atoms with E-state index in [4.69, 9.17) is 9.84 Å². The van der Waals surface area contributed by atoms with Crippen LogP contribution in [0.2, 0.25) is 0 Å². The summed E-state index contributed by atoms with van der Waals surface area (Å²) in [6.07, 6.45) is -1.79. The maximum atomic E-state index is 11.9. The van der Waals surface area contributed by atoms with Crippen molar-refractivity contribution in [2.24, 2.45) is 0 Å². The Morgan fingerprint density at radius 1 is 1.53 bits per heavy atom. The van der Waals surface area contributed by atoms with Gasteiger partial charge in [-0.3, -0.25) is 4.79 Å². The van der Waals surface area contributed by atoms with E-state index in [1.165, 1.54) is 13.2 Å². The third-order valence-corrected chi connectivity index (χ3v) is 3.34. The zero-order valence-corrected chi connectivity index (χ0v) is 10.5. The van der Waals surface area contributed by atoms with E-state index in [2.05, 4.69) is 0 Å². The van der Waals surface area contributed by atoms with Crippen molar-refractivity contribution in [1.82, 2.24) is 0 Å². The van der Waals surface area contributed by atoms with Gasteiger partial charge in [0.15, 0.2) is 5.78 Å². The molecule has 0 aromatic heterocycles. The van der Waals surface area contributed by atoms with Crippen LogP contribution in [-0.4, -0.2) is 39.9 Å². The Kier molecular flexibility index (Phi) is 3.75. The van der Waals surface area contributed by atoms with Crippen LogP contribution >= 0.6 is 0 Å². The first-order chi connectivity index (χ1) is 9.01. The number of hydrogen-bond donors (Lipinski definition) is 4. The maximum absolute atomic E-state index is 11.9. The summed E-state index contributed by atoms with van der Waals surface area (Å²) in [5.74, 6) is -0.599. The highest BCUT2D eigenvalue weighted by Crippen LogP contribution is 2.43. The maximum Gasteiger partial charge on any atom is 0.167 e. The Hall–Kier alpha value is -1.63. The molecule has 2 atom stereocenters. The topological polar surface area (TPSA) is 107 Å². The van der Waals surface area contributed by atoms with Crippen molar-refractivity contribution in [2.75, 3.05) is 13.7 Å². The van der Waals surface area contributed by atoms with Crippen LogP contribution in [0.25, 0.3) is 0 Å². The molecule has 0 unspecified atom stereocenters. The fraction of sp³-hybridized carbons (Fsp3) is 0.462. The van der Waals surface area contributed by atoms with E-state index in [1.807, 2.05) is 0 Å². The molecule has 1 aliphatic rings. The summed E-state index contributed by atoms with van der Waals surface area (Å²) in [5, 5.41) is 38.7. The summed E-state index contributed by atoms with van der Waals surface area (Å²) >= 11 is 0. The minimum atomic E-state index is -1.35. The number of phenols is 1. The average Bonchev–Trinajstić information content (AvgIpc) is 2.41. The van der Waals surface area contributed by atoms with Crippen molar-refractivity contribution in [2.45, 2.75) is 25.0 Å². The largest absolute Gasteiger partial charge is 0.507 e. The van der Waals surface area contributed by atoms with Gasteiger partial charge in [-0.25, -0.2) is 0 Å². The van der Waals surface area contributed by atoms with E-state index >= 15 is 0 Å². The second kappa shape index (κ2) is 5.16. The Morgan fingerprint density at radius 2 is 2.21 bits per heavy atom. The first kappa shape index (κ1) is 13.8. The van der Waals surface area contributed by atoms with Crippen LogP contribution in [0.1, 0.15) is 46.5 Å². The summed E-state index contributed by atoms with van der Waals surface area (Å²) in [6, 6.07) is 1.42. The summed E-state index contributed by atoms with van der Waals surface area (Å²) < 4.78 is 5.05. The summed E-state index contributed by atoms with van der Waals surface area (Å²) in [5.41, 5.74) is 0.257. The lowest BCUT2D eigenvalue weighted by Crippen LogP contribution is -2.18. The number of aromatic hydroxyl groups is 1. The summed E-state index contributed by atoms with van der Waals surface area (Å²) in [7, 11) is 1.34. The SMILES string of the molecule is COc1cc2c(c(O)c1[C@H](O)CO)C(=O)CC[C@@H]2O. The highest BCUT2D eigenvalue weighted by atomic mass is 16.5. The molecule has 0 spiro atoms. The first-order valence-corrected chi connectivity index (χ1v) is 5.95. The van der Waals surface area contributed by atoms with Crippen molar-refractivity contribution >= 4 is 5.78 Å². The Labute approximate surface area is 109 Å². The number of methoxy groups -OCH3 is 1. The molecule has 0 aliphatic heterocycles. The fourth-order valence-electron chi connectivity index (χ4n) is 2.37. The molecule has 0 radical (unpaired) electrons. The zero-order chi connectivity index (χ0) is 14.2. The number of carbonyl (C=O) groups excluding carboxylic acids is 1. The molecule has 2 rings (SSSR count). The number of ether oxygens (including phenoxy) is 1. The Balaban J connectivity index is 2.70. The number of ketones is 1. The number of aliphatic hydroxyl groups excluding tert-OH is 3. The van der Waals surface area contributed by atoms with Crippen LogP contribution in [0.4, 0.5) is 0 Å². The standard InChI is InChI=1S/C13H16O6/c1-19-10-4-6-7(15)2-3-8(16)11(6)13(18)12(10)9(17)5-14/h4,7,9,14-15,17-18H,2-3,5H2,1H3/t7-,9+/m0/s1. The van der Waals surface area contributed by atoms with Crippen molar-refractivity contribution in [3.8, 4) is 11.5 Å². The molecule has 0 saturated heterocycles. The third-order valence-electron chi connectivity index (χ3n) is 3.34. The number of benzene rings is 1. The van der Waals surface area contributed by atoms with Crippen molar-refractivity contribution < 1.29 is 30.0 Å². The Bertz CT molecular complexity index is 510. The minimum absolute atomic E-state index is 0.00190. The van der Waals surface area contributed by atoms with E-state index in [9.17, 15) is 20.1 Å². The highest BCUT2D eigenvalue weighted by Gasteiger charge is 2.32. The minimum Gasteiger partial charge on any atom is -0.507 e. The van der Waals surface area contributed by atoms with Crippen LogP contribution < -0.4 is 4.74 Å². The van der Waals surface area contributed by atoms with E-state index in [0.29, 0.717) is 5.56 Å². The van der Waals surface area contributed by atoms with Gasteiger partial charge in [0.2, 0.25) is 0 Å². The van der Waals surface area contributed by atoms with Gasteiger partial charge in [-0.2, -0.15) is 0 Å². The van der Waals surface area contributed by atoms with Gasteiger partial charge in [0, 0.05) is 6.42 Å². The number of fused-ring (bicyclic) bond motifs is 1. The van der Waals surface area contributed by atoms with Gasteiger partial charge >= 0.3 is 0 Å². The normalized spacial score (nSPS) is 20.0. The number of carbonyl (C=O) groups is 1. The number of phenolic OH excluding ortho intramolecular Hbond substituents is 1. The molecule has 1 aliphatic carbocycles. The molecule has 1 aromatic rings. The molecule has 0 fully saturated rings. The summed E-state index contributed by atoms with van der Waals surface area (Å²) in [6.45, 7) is -0.612. The number of aliphatic hydroxyl groups is 3. The first-order valence-electron chi connectivity index (χ1n) is 5.95. The molecule has 0 bridgehead atoms. The lowest BCUT2D eigenvalue weighted by atomic mass is 9.85. The molecule has 0 saturated carbocycles. The molecule has 1 aromatic carbocycles. The van der Waals surface area contributed by atoms with E-state index in [-0.39, 0.29) is 35.5 Å². The lowest BCUT2D eigenvalue weighted by Gasteiger charge is -2.25. The molecule has 0 heterocycles. The number of hydrogen-bond acceptors (Lipinski definition) is 6. The van der Waals surface area contributed by atoms with E-state index in [1.54, 1.807) is 0 Å². The molecule has 19 heavy (non-hydrogen) atoms. The van der Waals surface area contributed by atoms with Crippen LogP contribution in [0, 0.1) is 0 Å². The van der Waals surface area contributed by atoms with Crippen LogP contribution in [-0.2, 0) is 0 Å². The third kappa shape index (κ3) is 2.18. The van der Waals surface area contributed by atoms with E-state index < -0.39 is 24.6 Å². The van der Waals surface area contributed by atoms with Crippen molar-refractivity contribution in [3.05, 3.63) is 22.8 Å². The zero-order valence-electron chi connectivity index (χ0n) is 10.5. The van der Waals surface area contributed by atoms with Gasteiger partial charge < -0.3 is 25.2 Å². The summed E-state index contributed by atoms with van der Waals surface area (Å²) in [4.78, 5) is 11.9. The molecule has 0 amide bonds. The predicted octanol–water partition coefficient (Wildman–Crippen LogP) is 0.436. The van der Waals surface area contributed by atoms with Gasteiger partial charge in [0.05, 0.1) is 30.9 Å². The second-order valence-electron chi connectivity index (χ2n) is 4.48. The molecule has 6 heteroatoms. The Morgan fingerprint density at radius 3 is 2.79 bits per heavy atom. The van der Waals surface area contributed by atoms with Gasteiger partial charge in [-0.15, -0.1) is 0 Å². The average molecular weight is 268 g/mol. The van der Waals surface area contributed by atoms with Crippen molar-refractivity contribution in [3.63, 3.8) is 0 Å². The molecular formula is C13H16O6. The molecule has 6 nitrogen and oxygen atoms in total. The van der Waals surface area contributed by atoms with Crippen molar-refractivity contribution in [1.29, 1.82) is 0 Å². The quantitative estimate of drug-likeness (QED) is 0.633. The van der Waals surface area contributed by atoms with Gasteiger partial charge in [-0.1, -0.05) is 0 Å². The molecule has 104 valence electrons. The van der Waals surface area contributed by atoms with Crippen LogP contribution in [0.15, 0.2) is 6.07 Å². The van der Waals surface area contributed by atoms with Gasteiger partial charge in [0.25, 0.3) is 0 Å². The molecule has 4 N–H and O–H groups in total. The lowest BCUT2D eigenvalue weighted by molar-refractivity contribution is 0.0860. The van der Waals surface area contributed by atoms with Gasteiger partial charge in [0.1, 0.15) is 17.6 Å². The monoisotopic (exact) mass is 268 g/mol. The number of Topliss-reactive ketones (excluding diaryl/α,β-unsaturated/α-hetero) is 1. The molecular weight excluding hydrogens is 252 g/mol. The fourth-order valence-corrected chi connectivity index (χ4v) is 2.37. The van der Waals surface area contributed by atoms with Gasteiger partial charge in [-0.05, 0) is 18.1 Å². The predicted molar refractivity (Wildman–Crippen MR) is 65.2 cm³/mol. The highest BCUT2D eigenvalue weighted by molar-refractivity contribution is 6.02. The van der Waals surface area contributed by atoms with Crippen LogP contribution in [0.3, 0.4) is 0 Å². The smallest absolute Gasteiger partial charge is 0.167 e. The van der Waals surface area contributed by atoms with E-state index in [0.717, 1.165) is 0 Å². The van der Waals surface area contributed by atoms with Crippen LogP contribution in [0.5, 0.6) is 11.5 Å². The second-order valence-corrected chi connectivity index (χ2v) is 4.48.